The lowest BCUT2D eigenvalue weighted by Gasteiger charge is -2.10. The molecule has 2 aromatic heterocycles. The lowest BCUT2D eigenvalue weighted by atomic mass is 10.1. The van der Waals surface area contributed by atoms with E-state index in [1.54, 1.807) is 24.3 Å². The molecule has 2 heterocycles. The van der Waals surface area contributed by atoms with E-state index in [4.69, 9.17) is 11.5 Å². The predicted molar refractivity (Wildman–Crippen MR) is 96.6 cm³/mol. The van der Waals surface area contributed by atoms with Crippen molar-refractivity contribution in [2.45, 2.75) is 0 Å². The second-order valence-corrected chi connectivity index (χ2v) is 5.71. The fourth-order valence-electron chi connectivity index (χ4n) is 2.61. The van der Waals surface area contributed by atoms with Crippen molar-refractivity contribution in [2.24, 2.45) is 0 Å². The van der Waals surface area contributed by atoms with Gasteiger partial charge < -0.3 is 11.5 Å². The van der Waals surface area contributed by atoms with Gasteiger partial charge in [0.05, 0.1) is 17.6 Å². The average Bonchev–Trinajstić information content (AvgIpc) is 3.14. The van der Waals surface area contributed by atoms with Crippen molar-refractivity contribution in [1.82, 2.24) is 24.7 Å². The molecule has 0 radical (unpaired) electrons. The van der Waals surface area contributed by atoms with Gasteiger partial charge in [-0.3, -0.25) is 4.57 Å². The molecule has 0 aliphatic carbocycles. The zero-order chi connectivity index (χ0) is 19.0. The molecule has 0 fully saturated rings. The van der Waals surface area contributed by atoms with E-state index in [0.717, 1.165) is 11.6 Å². The minimum absolute atomic E-state index is 0.0610. The van der Waals surface area contributed by atoms with Crippen molar-refractivity contribution < 1.29 is 8.78 Å². The second-order valence-electron chi connectivity index (χ2n) is 5.71. The molecule has 0 atom stereocenters. The Balaban J connectivity index is 1.86. The molecule has 4 aromatic rings. The van der Waals surface area contributed by atoms with Crippen molar-refractivity contribution >= 4 is 11.5 Å². The normalized spacial score (nSPS) is 10.9. The number of hydrogen-bond donors (Lipinski definition) is 2. The Hall–Kier alpha value is -3.88. The fourth-order valence-corrected chi connectivity index (χ4v) is 2.61. The van der Waals surface area contributed by atoms with Gasteiger partial charge in [0.15, 0.2) is 29.0 Å². The van der Waals surface area contributed by atoms with Crippen LogP contribution in [0, 0.1) is 11.6 Å². The lowest BCUT2D eigenvalue weighted by molar-refractivity contribution is 0.504. The standard InChI is InChI=1S/C18H13F2N7/c19-12-2-1-3-14(15(12)20)27-9-24-26-18(27)16-17(22)23-8-13(25-16)10-4-6-11(21)7-5-10/h1-9H,21H2,(H2,22,23). The number of nitrogens with zero attached hydrogens (tertiary/aromatic N) is 5. The molecule has 4 rings (SSSR count). The first-order valence-corrected chi connectivity index (χ1v) is 7.88. The van der Waals surface area contributed by atoms with E-state index in [0.29, 0.717) is 11.4 Å². The summed E-state index contributed by atoms with van der Waals surface area (Å²) in [5, 5.41) is 7.75. The van der Waals surface area contributed by atoms with Crippen LogP contribution in [0.2, 0.25) is 0 Å². The van der Waals surface area contributed by atoms with Crippen LogP contribution in [-0.2, 0) is 0 Å². The Morgan fingerprint density at radius 1 is 0.963 bits per heavy atom. The third-order valence-electron chi connectivity index (χ3n) is 3.96. The number of halogens is 2. The van der Waals surface area contributed by atoms with Crippen LogP contribution in [0.4, 0.5) is 20.3 Å². The van der Waals surface area contributed by atoms with Gasteiger partial charge in [0, 0.05) is 11.3 Å². The maximum absolute atomic E-state index is 14.2. The molecule has 27 heavy (non-hydrogen) atoms. The molecule has 0 bridgehead atoms. The van der Waals surface area contributed by atoms with Crippen molar-refractivity contribution in [3.63, 3.8) is 0 Å². The third-order valence-corrected chi connectivity index (χ3v) is 3.96. The van der Waals surface area contributed by atoms with E-state index in [2.05, 4.69) is 20.2 Å². The summed E-state index contributed by atoms with van der Waals surface area (Å²) in [7, 11) is 0. The van der Waals surface area contributed by atoms with Crippen molar-refractivity contribution in [3.8, 4) is 28.5 Å². The van der Waals surface area contributed by atoms with Gasteiger partial charge in [-0.05, 0) is 24.3 Å². The molecule has 0 saturated carbocycles. The average molecular weight is 365 g/mol. The van der Waals surface area contributed by atoms with Gasteiger partial charge in [-0.2, -0.15) is 0 Å². The second kappa shape index (κ2) is 6.45. The molecule has 4 N–H and O–H groups in total. The van der Waals surface area contributed by atoms with Crippen molar-refractivity contribution in [3.05, 3.63) is 66.6 Å². The number of rotatable bonds is 3. The van der Waals surface area contributed by atoms with E-state index < -0.39 is 11.6 Å². The number of benzene rings is 2. The molecule has 2 aromatic carbocycles. The first-order valence-electron chi connectivity index (χ1n) is 7.88. The molecule has 9 heteroatoms. The molecular formula is C18H13F2N7. The molecule has 0 unspecified atom stereocenters. The molecule has 0 amide bonds. The summed E-state index contributed by atoms with van der Waals surface area (Å²) >= 11 is 0. The third kappa shape index (κ3) is 2.95. The Kier molecular flexibility index (Phi) is 3.96. The van der Waals surface area contributed by atoms with Crippen LogP contribution in [0.5, 0.6) is 0 Å². The van der Waals surface area contributed by atoms with Gasteiger partial charge in [0.25, 0.3) is 0 Å². The number of nitrogens with two attached hydrogens (primary N) is 2. The molecule has 0 aliphatic heterocycles. The van der Waals surface area contributed by atoms with Gasteiger partial charge in [0.1, 0.15) is 6.33 Å². The maximum atomic E-state index is 14.2. The van der Waals surface area contributed by atoms with E-state index in [-0.39, 0.29) is 23.0 Å². The van der Waals surface area contributed by atoms with E-state index in [1.165, 1.54) is 29.2 Å². The van der Waals surface area contributed by atoms with Gasteiger partial charge in [-0.1, -0.05) is 18.2 Å². The predicted octanol–water partition coefficient (Wildman–Crippen LogP) is 2.83. The maximum Gasteiger partial charge on any atom is 0.190 e. The monoisotopic (exact) mass is 365 g/mol. The van der Waals surface area contributed by atoms with Crippen LogP contribution < -0.4 is 11.5 Å². The van der Waals surface area contributed by atoms with Crippen LogP contribution in [0.3, 0.4) is 0 Å². The van der Waals surface area contributed by atoms with E-state index in [1.807, 2.05) is 0 Å². The number of aromatic nitrogens is 5. The zero-order valence-electron chi connectivity index (χ0n) is 13.8. The van der Waals surface area contributed by atoms with Crippen LogP contribution in [-0.4, -0.2) is 24.7 Å². The summed E-state index contributed by atoms with van der Waals surface area (Å²) in [5.74, 6) is -1.79. The van der Waals surface area contributed by atoms with Crippen LogP contribution in [0.1, 0.15) is 0 Å². The first-order chi connectivity index (χ1) is 13.0. The highest BCUT2D eigenvalue weighted by atomic mass is 19.2. The van der Waals surface area contributed by atoms with Gasteiger partial charge >= 0.3 is 0 Å². The largest absolute Gasteiger partial charge is 0.399 e. The Morgan fingerprint density at radius 2 is 1.74 bits per heavy atom. The number of hydrogen-bond acceptors (Lipinski definition) is 6. The van der Waals surface area contributed by atoms with E-state index >= 15 is 0 Å². The Labute approximate surface area is 152 Å². The quantitative estimate of drug-likeness (QED) is 0.541. The Morgan fingerprint density at radius 3 is 2.52 bits per heavy atom. The highest BCUT2D eigenvalue weighted by Crippen LogP contribution is 2.27. The first kappa shape index (κ1) is 16.6. The van der Waals surface area contributed by atoms with Crippen LogP contribution in [0.15, 0.2) is 55.0 Å². The fraction of sp³-hybridized carbons (Fsp3) is 0. The van der Waals surface area contributed by atoms with Crippen molar-refractivity contribution in [1.29, 1.82) is 0 Å². The number of anilines is 2. The summed E-state index contributed by atoms with van der Waals surface area (Å²) in [6, 6.07) is 10.9. The van der Waals surface area contributed by atoms with Crippen molar-refractivity contribution in [2.75, 3.05) is 11.5 Å². The molecule has 0 spiro atoms. The highest BCUT2D eigenvalue weighted by Gasteiger charge is 2.19. The molecule has 0 saturated heterocycles. The Bertz CT molecular complexity index is 1120. The summed E-state index contributed by atoms with van der Waals surface area (Å²) in [4.78, 5) is 8.63. The van der Waals surface area contributed by atoms with Crippen LogP contribution >= 0.6 is 0 Å². The topological polar surface area (TPSA) is 109 Å². The highest BCUT2D eigenvalue weighted by molar-refractivity contribution is 5.70. The van der Waals surface area contributed by atoms with Gasteiger partial charge in [0.2, 0.25) is 0 Å². The molecular weight excluding hydrogens is 352 g/mol. The summed E-state index contributed by atoms with van der Waals surface area (Å²) < 4.78 is 29.1. The van der Waals surface area contributed by atoms with Gasteiger partial charge in [-0.15, -0.1) is 10.2 Å². The smallest absolute Gasteiger partial charge is 0.190 e. The zero-order valence-corrected chi connectivity index (χ0v) is 13.8. The summed E-state index contributed by atoms with van der Waals surface area (Å²) in [6.07, 6.45) is 2.76. The van der Waals surface area contributed by atoms with Crippen LogP contribution in [0.25, 0.3) is 28.5 Å². The SMILES string of the molecule is Nc1ccc(-c2cnc(N)c(-c3nncn3-c3cccc(F)c3F)n2)cc1. The van der Waals surface area contributed by atoms with Gasteiger partial charge in [-0.25, -0.2) is 18.7 Å². The molecule has 134 valence electrons. The minimum atomic E-state index is -1.03. The molecule has 0 aliphatic rings. The number of nitrogen functional groups attached to an aromatic ring is 2. The lowest BCUT2D eigenvalue weighted by Crippen LogP contribution is -2.06. The summed E-state index contributed by atoms with van der Waals surface area (Å²) in [5.41, 5.74) is 13.7. The van der Waals surface area contributed by atoms with E-state index in [9.17, 15) is 8.78 Å². The molecule has 7 nitrogen and oxygen atoms in total. The minimum Gasteiger partial charge on any atom is -0.399 e. The summed E-state index contributed by atoms with van der Waals surface area (Å²) in [6.45, 7) is 0.